The molecule has 8 heteroatoms. The summed E-state index contributed by atoms with van der Waals surface area (Å²) < 4.78 is 36.0. The average Bonchev–Trinajstić information content (AvgIpc) is 2.75. The van der Waals surface area contributed by atoms with Gasteiger partial charge in [0.2, 0.25) is 5.91 Å². The Kier molecular flexibility index (Phi) is 5.05. The summed E-state index contributed by atoms with van der Waals surface area (Å²) in [6, 6.07) is 4.13. The van der Waals surface area contributed by atoms with Crippen molar-refractivity contribution in [3.63, 3.8) is 0 Å². The number of rotatable bonds is 5. The van der Waals surface area contributed by atoms with Gasteiger partial charge in [0.05, 0.1) is 23.7 Å². The van der Waals surface area contributed by atoms with Crippen LogP contribution >= 0.6 is 11.6 Å². The molecule has 1 saturated heterocycles. The lowest BCUT2D eigenvalue weighted by Crippen LogP contribution is -2.34. The number of sulfone groups is 1. The molecule has 0 saturated carbocycles. The van der Waals surface area contributed by atoms with Gasteiger partial charge in [0, 0.05) is 11.6 Å². The molecule has 21 heavy (non-hydrogen) atoms. The van der Waals surface area contributed by atoms with Gasteiger partial charge in [-0.3, -0.25) is 4.79 Å². The fraction of sp³-hybridized carbons (Fsp3) is 0.462. The van der Waals surface area contributed by atoms with Gasteiger partial charge in [-0.15, -0.1) is 0 Å². The molecule has 1 aromatic rings. The number of hydrogen-bond donors (Lipinski definition) is 2. The molecule has 0 radical (unpaired) electrons. The molecular weight excluding hydrogens is 319 g/mol. The minimum atomic E-state index is -2.94. The van der Waals surface area contributed by atoms with E-state index >= 15 is 0 Å². The molecule has 1 aliphatic heterocycles. The van der Waals surface area contributed by atoms with Gasteiger partial charge in [-0.05, 0) is 30.5 Å². The van der Waals surface area contributed by atoms with Crippen LogP contribution in [0.5, 0.6) is 0 Å². The van der Waals surface area contributed by atoms with Crippen molar-refractivity contribution in [2.75, 3.05) is 29.9 Å². The van der Waals surface area contributed by atoms with Crippen LogP contribution in [-0.4, -0.2) is 38.9 Å². The summed E-state index contributed by atoms with van der Waals surface area (Å²) in [5.41, 5.74) is 0.193. The average molecular weight is 335 g/mol. The molecule has 5 nitrogen and oxygen atoms in total. The third-order valence-corrected chi connectivity index (χ3v) is 5.36. The first-order valence-corrected chi connectivity index (χ1v) is 8.72. The highest BCUT2D eigenvalue weighted by molar-refractivity contribution is 7.91. The Balaban J connectivity index is 1.75. The Hall–Kier alpha value is -1.34. The molecule has 0 unspecified atom stereocenters. The second-order valence-electron chi connectivity index (χ2n) is 5.05. The zero-order valence-electron chi connectivity index (χ0n) is 11.2. The summed E-state index contributed by atoms with van der Waals surface area (Å²) >= 11 is 5.63. The van der Waals surface area contributed by atoms with E-state index < -0.39 is 15.7 Å². The first-order chi connectivity index (χ1) is 9.85. The lowest BCUT2D eigenvalue weighted by Gasteiger charge is -2.11. The van der Waals surface area contributed by atoms with E-state index in [4.69, 9.17) is 11.6 Å². The van der Waals surface area contributed by atoms with Gasteiger partial charge in [-0.1, -0.05) is 11.6 Å². The van der Waals surface area contributed by atoms with Crippen molar-refractivity contribution in [3.05, 3.63) is 29.0 Å². The maximum absolute atomic E-state index is 13.5. The fourth-order valence-corrected chi connectivity index (χ4v) is 4.18. The van der Waals surface area contributed by atoms with Crippen LogP contribution in [0, 0.1) is 11.7 Å². The smallest absolute Gasteiger partial charge is 0.239 e. The van der Waals surface area contributed by atoms with Gasteiger partial charge in [-0.25, -0.2) is 12.8 Å². The Morgan fingerprint density at radius 1 is 1.43 bits per heavy atom. The first-order valence-electron chi connectivity index (χ1n) is 6.52. The summed E-state index contributed by atoms with van der Waals surface area (Å²) in [5.74, 6) is -0.578. The van der Waals surface area contributed by atoms with E-state index in [1.807, 2.05) is 0 Å². The number of benzene rings is 1. The second kappa shape index (κ2) is 6.62. The van der Waals surface area contributed by atoms with Crippen molar-refractivity contribution in [1.82, 2.24) is 5.32 Å². The molecule has 116 valence electrons. The summed E-state index contributed by atoms with van der Waals surface area (Å²) in [6.45, 7) is 0.237. The number of amides is 1. The van der Waals surface area contributed by atoms with E-state index in [0.717, 1.165) is 6.07 Å². The fourth-order valence-electron chi connectivity index (χ4n) is 2.16. The Morgan fingerprint density at radius 2 is 2.19 bits per heavy atom. The van der Waals surface area contributed by atoms with E-state index in [0.29, 0.717) is 13.0 Å². The van der Waals surface area contributed by atoms with E-state index in [1.165, 1.54) is 12.1 Å². The summed E-state index contributed by atoms with van der Waals surface area (Å²) in [6.07, 6.45) is 0.571. The zero-order chi connectivity index (χ0) is 15.5. The molecule has 1 aliphatic rings. The SMILES string of the molecule is O=C(CNc1ccc(Cl)cc1F)NC[C@H]1CCS(=O)(=O)C1. The van der Waals surface area contributed by atoms with Gasteiger partial charge in [0.15, 0.2) is 9.84 Å². The van der Waals surface area contributed by atoms with Crippen molar-refractivity contribution < 1.29 is 17.6 Å². The minimum absolute atomic E-state index is 0.0359. The predicted octanol–water partition coefficient (Wildman–Crippen LogP) is 1.44. The molecule has 1 fully saturated rings. The van der Waals surface area contributed by atoms with Crippen LogP contribution in [0.3, 0.4) is 0 Å². The van der Waals surface area contributed by atoms with Crippen LogP contribution in [-0.2, 0) is 14.6 Å². The summed E-state index contributed by atoms with van der Waals surface area (Å²) in [5, 5.41) is 5.60. The molecule has 0 aromatic heterocycles. The van der Waals surface area contributed by atoms with E-state index in [1.54, 1.807) is 0 Å². The third-order valence-electron chi connectivity index (χ3n) is 3.29. The lowest BCUT2D eigenvalue weighted by atomic mass is 10.1. The Bertz CT molecular complexity index is 636. The molecule has 0 aliphatic carbocycles. The maximum atomic E-state index is 13.5. The standard InChI is InChI=1S/C13H16ClFN2O3S/c14-10-1-2-12(11(15)5-10)16-7-13(18)17-6-9-3-4-21(19,20)8-9/h1-2,5,9,16H,3-4,6-8H2,(H,17,18)/t9-/m1/s1. The monoisotopic (exact) mass is 334 g/mol. The largest absolute Gasteiger partial charge is 0.374 e. The highest BCUT2D eigenvalue weighted by atomic mass is 35.5. The van der Waals surface area contributed by atoms with E-state index in [-0.39, 0.29) is 40.6 Å². The van der Waals surface area contributed by atoms with Crippen LogP contribution in [0.25, 0.3) is 0 Å². The van der Waals surface area contributed by atoms with E-state index in [9.17, 15) is 17.6 Å². The van der Waals surface area contributed by atoms with Crippen LogP contribution in [0.4, 0.5) is 10.1 Å². The molecule has 0 bridgehead atoms. The van der Waals surface area contributed by atoms with Gasteiger partial charge < -0.3 is 10.6 Å². The molecule has 2 N–H and O–H groups in total. The van der Waals surface area contributed by atoms with Crippen molar-refractivity contribution in [2.45, 2.75) is 6.42 Å². The topological polar surface area (TPSA) is 75.3 Å². The first kappa shape index (κ1) is 16.0. The highest BCUT2D eigenvalue weighted by Crippen LogP contribution is 2.19. The summed E-state index contributed by atoms with van der Waals surface area (Å²) in [4.78, 5) is 11.6. The number of nitrogens with one attached hydrogen (secondary N) is 2. The number of carbonyl (C=O) groups excluding carboxylic acids is 1. The summed E-state index contributed by atoms with van der Waals surface area (Å²) in [7, 11) is -2.94. The van der Waals surface area contributed by atoms with Gasteiger partial charge in [0.25, 0.3) is 0 Å². The maximum Gasteiger partial charge on any atom is 0.239 e. The number of carbonyl (C=O) groups is 1. The van der Waals surface area contributed by atoms with E-state index in [2.05, 4.69) is 10.6 Å². The van der Waals surface area contributed by atoms with Crippen molar-refractivity contribution >= 4 is 33.0 Å². The molecular formula is C13H16ClFN2O3S. The number of anilines is 1. The second-order valence-corrected chi connectivity index (χ2v) is 7.72. The Labute approximate surface area is 127 Å². The van der Waals surface area contributed by atoms with Gasteiger partial charge in [-0.2, -0.15) is 0 Å². The molecule has 1 amide bonds. The Morgan fingerprint density at radius 3 is 2.81 bits per heavy atom. The van der Waals surface area contributed by atoms with Crippen molar-refractivity contribution in [3.8, 4) is 0 Å². The van der Waals surface area contributed by atoms with Crippen LogP contribution in [0.1, 0.15) is 6.42 Å². The third kappa shape index (κ3) is 4.86. The predicted molar refractivity (Wildman–Crippen MR) is 79.7 cm³/mol. The molecule has 2 rings (SSSR count). The lowest BCUT2D eigenvalue weighted by molar-refractivity contribution is -0.119. The quantitative estimate of drug-likeness (QED) is 0.854. The highest BCUT2D eigenvalue weighted by Gasteiger charge is 2.27. The molecule has 1 atom stereocenters. The van der Waals surface area contributed by atoms with Crippen LogP contribution < -0.4 is 10.6 Å². The number of halogens is 2. The van der Waals surface area contributed by atoms with Crippen LogP contribution in [0.2, 0.25) is 5.02 Å². The van der Waals surface area contributed by atoms with Gasteiger partial charge >= 0.3 is 0 Å². The molecule has 0 spiro atoms. The normalized spacial score (nSPS) is 20.2. The van der Waals surface area contributed by atoms with Crippen LogP contribution in [0.15, 0.2) is 18.2 Å². The van der Waals surface area contributed by atoms with Crippen molar-refractivity contribution in [2.24, 2.45) is 5.92 Å². The van der Waals surface area contributed by atoms with Gasteiger partial charge in [0.1, 0.15) is 5.82 Å². The van der Waals surface area contributed by atoms with Crippen molar-refractivity contribution in [1.29, 1.82) is 0 Å². The molecule has 1 aromatic carbocycles. The number of hydrogen-bond acceptors (Lipinski definition) is 4. The zero-order valence-corrected chi connectivity index (χ0v) is 12.8. The minimum Gasteiger partial charge on any atom is -0.374 e. The molecule has 1 heterocycles.